The van der Waals surface area contributed by atoms with Crippen LogP contribution in [0.4, 0.5) is 0 Å². The fourth-order valence-electron chi connectivity index (χ4n) is 3.35. The largest absolute Gasteiger partial charge is 0.493 e. The second kappa shape index (κ2) is 7.55. The van der Waals surface area contributed by atoms with Gasteiger partial charge in [0, 0.05) is 18.4 Å². The Balaban J connectivity index is 1.77. The molecule has 0 spiro atoms. The van der Waals surface area contributed by atoms with Gasteiger partial charge in [-0.3, -0.25) is 9.78 Å². The molecule has 5 heteroatoms. The van der Waals surface area contributed by atoms with Crippen LogP contribution in [0.2, 0.25) is 0 Å². The molecule has 2 aromatic rings. The number of aromatic nitrogens is 1. The van der Waals surface area contributed by atoms with Gasteiger partial charge in [0.25, 0.3) is 0 Å². The van der Waals surface area contributed by atoms with E-state index < -0.39 is 0 Å². The highest BCUT2D eigenvalue weighted by molar-refractivity contribution is 5.79. The van der Waals surface area contributed by atoms with Crippen LogP contribution in [0.15, 0.2) is 36.5 Å². The molecule has 2 heterocycles. The minimum absolute atomic E-state index is 0.0886. The van der Waals surface area contributed by atoms with Crippen LogP contribution >= 0.6 is 0 Å². The monoisotopic (exact) mass is 340 g/mol. The van der Waals surface area contributed by atoms with Crippen LogP contribution < -0.4 is 9.47 Å². The molecule has 0 aliphatic carbocycles. The molecule has 3 rings (SSSR count). The lowest BCUT2D eigenvalue weighted by molar-refractivity contribution is -0.131. The molecule has 0 radical (unpaired) electrons. The van der Waals surface area contributed by atoms with Crippen molar-refractivity contribution in [1.82, 2.24) is 9.88 Å². The van der Waals surface area contributed by atoms with Gasteiger partial charge < -0.3 is 14.4 Å². The zero-order valence-corrected chi connectivity index (χ0v) is 15.0. The molecule has 5 nitrogen and oxygen atoms in total. The molecule has 0 bridgehead atoms. The van der Waals surface area contributed by atoms with Crippen LogP contribution in [0, 0.1) is 6.92 Å². The fourth-order valence-corrected chi connectivity index (χ4v) is 3.35. The van der Waals surface area contributed by atoms with Crippen molar-refractivity contribution in [1.29, 1.82) is 0 Å². The molecule has 0 saturated carbocycles. The zero-order chi connectivity index (χ0) is 17.8. The van der Waals surface area contributed by atoms with Gasteiger partial charge in [0.2, 0.25) is 5.91 Å². The lowest BCUT2D eigenvalue weighted by atomic mass is 10.0. The number of methoxy groups -OCH3 is 2. The molecule has 1 aliphatic rings. The number of hydrogen-bond donors (Lipinski definition) is 0. The van der Waals surface area contributed by atoms with E-state index in [-0.39, 0.29) is 11.9 Å². The van der Waals surface area contributed by atoms with E-state index in [1.807, 2.05) is 42.2 Å². The van der Waals surface area contributed by atoms with E-state index in [0.29, 0.717) is 17.9 Å². The van der Waals surface area contributed by atoms with Crippen molar-refractivity contribution in [2.75, 3.05) is 20.8 Å². The first-order chi connectivity index (χ1) is 12.1. The maximum Gasteiger partial charge on any atom is 0.227 e. The van der Waals surface area contributed by atoms with Crippen molar-refractivity contribution in [3.8, 4) is 11.5 Å². The summed E-state index contributed by atoms with van der Waals surface area (Å²) < 4.78 is 10.7. The van der Waals surface area contributed by atoms with Gasteiger partial charge in [0.1, 0.15) is 0 Å². The van der Waals surface area contributed by atoms with E-state index in [1.165, 1.54) is 0 Å². The van der Waals surface area contributed by atoms with Gasteiger partial charge in [-0.2, -0.15) is 0 Å². The van der Waals surface area contributed by atoms with E-state index in [2.05, 4.69) is 4.98 Å². The minimum atomic E-state index is 0.0886. The summed E-state index contributed by atoms with van der Waals surface area (Å²) in [5.74, 6) is 1.54. The lowest BCUT2D eigenvalue weighted by Crippen LogP contribution is -2.31. The Hall–Kier alpha value is -2.56. The Bertz CT molecular complexity index is 743. The number of likely N-dealkylation sites (tertiary alicyclic amines) is 1. The molecule has 1 fully saturated rings. The predicted molar refractivity (Wildman–Crippen MR) is 95.9 cm³/mol. The Morgan fingerprint density at radius 1 is 1.20 bits per heavy atom. The number of hydrogen-bond acceptors (Lipinski definition) is 4. The lowest BCUT2D eigenvalue weighted by Gasteiger charge is -2.26. The number of rotatable bonds is 5. The maximum atomic E-state index is 12.8. The molecular weight excluding hydrogens is 316 g/mol. The predicted octanol–water partition coefficient (Wildman–Crippen LogP) is 3.31. The summed E-state index contributed by atoms with van der Waals surface area (Å²) in [5, 5.41) is 0. The van der Waals surface area contributed by atoms with Crippen LogP contribution in [0.1, 0.15) is 35.7 Å². The molecule has 25 heavy (non-hydrogen) atoms. The first-order valence-electron chi connectivity index (χ1n) is 8.55. The van der Waals surface area contributed by atoms with Gasteiger partial charge in [0.05, 0.1) is 26.7 Å². The van der Waals surface area contributed by atoms with Gasteiger partial charge in [-0.25, -0.2) is 0 Å². The summed E-state index contributed by atoms with van der Waals surface area (Å²) in [6.45, 7) is 2.73. The Morgan fingerprint density at radius 2 is 2.00 bits per heavy atom. The maximum absolute atomic E-state index is 12.8. The summed E-state index contributed by atoms with van der Waals surface area (Å²) in [6.07, 6.45) is 4.15. The number of pyridine rings is 1. The molecule has 1 aromatic heterocycles. The highest BCUT2D eigenvalue weighted by atomic mass is 16.5. The average Bonchev–Trinajstić information content (AvgIpc) is 3.13. The standard InChI is InChI=1S/C20H24N2O3/c1-14-6-7-15(13-21-14)11-20(23)22-10-4-5-17(22)16-8-9-18(24-2)19(12-16)25-3/h6-9,12-13,17H,4-5,10-11H2,1-3H3/t17-/m1/s1. The smallest absolute Gasteiger partial charge is 0.227 e. The molecule has 1 atom stereocenters. The van der Waals surface area contributed by atoms with Gasteiger partial charge >= 0.3 is 0 Å². The van der Waals surface area contributed by atoms with E-state index >= 15 is 0 Å². The van der Waals surface area contributed by atoms with Crippen molar-refractivity contribution in [3.63, 3.8) is 0 Å². The van der Waals surface area contributed by atoms with Crippen LogP contribution in [-0.4, -0.2) is 36.6 Å². The fraction of sp³-hybridized carbons (Fsp3) is 0.400. The molecule has 1 aliphatic heterocycles. The van der Waals surface area contributed by atoms with Gasteiger partial charge in [-0.1, -0.05) is 12.1 Å². The third kappa shape index (κ3) is 3.76. The Morgan fingerprint density at radius 3 is 2.68 bits per heavy atom. The third-order valence-electron chi connectivity index (χ3n) is 4.69. The summed E-state index contributed by atoms with van der Waals surface area (Å²) >= 11 is 0. The number of amides is 1. The van der Waals surface area contributed by atoms with Crippen LogP contribution in [0.5, 0.6) is 11.5 Å². The van der Waals surface area contributed by atoms with Gasteiger partial charge in [-0.15, -0.1) is 0 Å². The zero-order valence-electron chi connectivity index (χ0n) is 15.0. The summed E-state index contributed by atoms with van der Waals surface area (Å²) in [6, 6.07) is 9.90. The number of carbonyl (C=O) groups is 1. The number of benzene rings is 1. The van der Waals surface area contributed by atoms with Gasteiger partial charge in [-0.05, 0) is 49.1 Å². The number of ether oxygens (including phenoxy) is 2. The first-order valence-corrected chi connectivity index (χ1v) is 8.55. The summed E-state index contributed by atoms with van der Waals surface area (Å²) in [7, 11) is 3.25. The van der Waals surface area contributed by atoms with E-state index in [9.17, 15) is 4.79 Å². The average molecular weight is 340 g/mol. The molecule has 0 N–H and O–H groups in total. The van der Waals surface area contributed by atoms with Crippen LogP contribution in [-0.2, 0) is 11.2 Å². The molecule has 132 valence electrons. The van der Waals surface area contributed by atoms with E-state index in [4.69, 9.17) is 9.47 Å². The quantitative estimate of drug-likeness (QED) is 0.838. The van der Waals surface area contributed by atoms with Gasteiger partial charge in [0.15, 0.2) is 11.5 Å². The highest BCUT2D eigenvalue weighted by Gasteiger charge is 2.30. The summed E-state index contributed by atoms with van der Waals surface area (Å²) in [5.41, 5.74) is 3.00. The van der Waals surface area contributed by atoms with E-state index in [1.54, 1.807) is 20.4 Å². The van der Waals surface area contributed by atoms with E-state index in [0.717, 1.165) is 36.2 Å². The topological polar surface area (TPSA) is 51.7 Å². The third-order valence-corrected chi connectivity index (χ3v) is 4.69. The van der Waals surface area contributed by atoms with Crippen molar-refractivity contribution in [3.05, 3.63) is 53.3 Å². The Labute approximate surface area is 148 Å². The number of aryl methyl sites for hydroxylation is 1. The summed E-state index contributed by atoms with van der Waals surface area (Å²) in [4.78, 5) is 19.1. The normalized spacial score (nSPS) is 16.8. The highest BCUT2D eigenvalue weighted by Crippen LogP contribution is 2.37. The number of carbonyl (C=O) groups excluding carboxylic acids is 1. The second-order valence-corrected chi connectivity index (χ2v) is 6.34. The van der Waals surface area contributed by atoms with Crippen molar-refractivity contribution >= 4 is 5.91 Å². The van der Waals surface area contributed by atoms with Crippen LogP contribution in [0.3, 0.4) is 0 Å². The molecule has 1 aromatic carbocycles. The minimum Gasteiger partial charge on any atom is -0.493 e. The SMILES string of the molecule is COc1ccc([C@H]2CCCN2C(=O)Cc2ccc(C)nc2)cc1OC. The van der Waals surface area contributed by atoms with Crippen molar-refractivity contribution < 1.29 is 14.3 Å². The molecule has 1 saturated heterocycles. The van der Waals surface area contributed by atoms with Crippen molar-refractivity contribution in [2.45, 2.75) is 32.2 Å². The Kier molecular flexibility index (Phi) is 5.22. The number of nitrogens with zero attached hydrogens (tertiary/aromatic N) is 2. The molecule has 1 amide bonds. The van der Waals surface area contributed by atoms with Crippen molar-refractivity contribution in [2.24, 2.45) is 0 Å². The van der Waals surface area contributed by atoms with Crippen LogP contribution in [0.25, 0.3) is 0 Å². The molecule has 0 unspecified atom stereocenters. The second-order valence-electron chi connectivity index (χ2n) is 6.34. The first kappa shape index (κ1) is 17.3. The molecular formula is C20H24N2O3.